The number of aromatic nitrogens is 1. The molecule has 0 aliphatic heterocycles. The Hall–Kier alpha value is -1.42. The fourth-order valence-electron chi connectivity index (χ4n) is 1.53. The first-order valence-corrected chi connectivity index (χ1v) is 5.88. The summed E-state index contributed by atoms with van der Waals surface area (Å²) in [5.41, 5.74) is 9.69. The lowest BCUT2D eigenvalue weighted by atomic mass is 10.3. The molecule has 1 heterocycles. The number of fused-ring (bicyclic) bond motifs is 1. The first kappa shape index (κ1) is 8.85. The van der Waals surface area contributed by atoms with E-state index in [2.05, 4.69) is 9.98 Å². The number of nitrogens with zero attached hydrogens (tertiary/aromatic N) is 2. The van der Waals surface area contributed by atoms with Gasteiger partial charge in [-0.1, -0.05) is 0 Å². The van der Waals surface area contributed by atoms with Gasteiger partial charge >= 0.3 is 0 Å². The molecule has 3 nitrogen and oxygen atoms in total. The Bertz CT molecular complexity index is 525. The standard InChI is InChI=1S/C11H11N3S/c12-11(7-1-2-7)14-8-3-4-9-10(5-8)15-6-13-9/h3-7H,1-2H2,(H2,12,14). The van der Waals surface area contributed by atoms with Crippen LogP contribution in [0.4, 0.5) is 5.69 Å². The number of hydrogen-bond acceptors (Lipinski definition) is 3. The quantitative estimate of drug-likeness (QED) is 0.621. The van der Waals surface area contributed by atoms with Crippen LogP contribution in [0.2, 0.25) is 0 Å². The molecule has 0 amide bonds. The normalized spacial score (nSPS) is 17.2. The zero-order valence-electron chi connectivity index (χ0n) is 8.18. The van der Waals surface area contributed by atoms with Gasteiger partial charge in [-0.05, 0) is 31.0 Å². The molecular weight excluding hydrogens is 206 g/mol. The molecule has 1 aromatic carbocycles. The van der Waals surface area contributed by atoms with E-state index in [0.717, 1.165) is 17.0 Å². The molecule has 15 heavy (non-hydrogen) atoms. The molecule has 3 rings (SSSR count). The van der Waals surface area contributed by atoms with Gasteiger partial charge in [0.1, 0.15) is 5.84 Å². The molecule has 4 heteroatoms. The van der Waals surface area contributed by atoms with Gasteiger partial charge in [-0.3, -0.25) is 0 Å². The second kappa shape index (κ2) is 3.31. The van der Waals surface area contributed by atoms with Crippen molar-refractivity contribution >= 4 is 33.1 Å². The monoisotopic (exact) mass is 217 g/mol. The van der Waals surface area contributed by atoms with Gasteiger partial charge < -0.3 is 5.73 Å². The molecular formula is C11H11N3S. The Labute approximate surface area is 91.7 Å². The van der Waals surface area contributed by atoms with Crippen LogP contribution < -0.4 is 5.73 Å². The summed E-state index contributed by atoms with van der Waals surface area (Å²) in [5.74, 6) is 1.31. The maximum Gasteiger partial charge on any atom is 0.103 e. The Morgan fingerprint density at radius 1 is 1.47 bits per heavy atom. The summed E-state index contributed by atoms with van der Waals surface area (Å²) in [6.45, 7) is 0. The highest BCUT2D eigenvalue weighted by Crippen LogP contribution is 2.31. The highest BCUT2D eigenvalue weighted by atomic mass is 32.1. The lowest BCUT2D eigenvalue weighted by Gasteiger charge is -1.97. The van der Waals surface area contributed by atoms with Crippen LogP contribution in [0.15, 0.2) is 28.7 Å². The molecule has 0 spiro atoms. The summed E-state index contributed by atoms with van der Waals surface area (Å²) in [5, 5.41) is 0. The number of amidine groups is 1. The summed E-state index contributed by atoms with van der Waals surface area (Å²) in [7, 11) is 0. The van der Waals surface area contributed by atoms with E-state index in [9.17, 15) is 0 Å². The largest absolute Gasteiger partial charge is 0.387 e. The minimum absolute atomic E-state index is 0.530. The van der Waals surface area contributed by atoms with E-state index in [-0.39, 0.29) is 0 Å². The van der Waals surface area contributed by atoms with Gasteiger partial charge in [-0.25, -0.2) is 9.98 Å². The van der Waals surface area contributed by atoms with Crippen LogP contribution in [0.3, 0.4) is 0 Å². The van der Waals surface area contributed by atoms with Crippen molar-refractivity contribution in [2.45, 2.75) is 12.8 Å². The molecule has 0 atom stereocenters. The zero-order chi connectivity index (χ0) is 10.3. The SMILES string of the molecule is NC(=Nc1ccc2ncsc2c1)C1CC1. The van der Waals surface area contributed by atoms with Crippen LogP contribution in [0.1, 0.15) is 12.8 Å². The molecule has 1 aliphatic carbocycles. The van der Waals surface area contributed by atoms with Crippen molar-refractivity contribution in [3.63, 3.8) is 0 Å². The van der Waals surface area contributed by atoms with Crippen LogP contribution in [0, 0.1) is 5.92 Å². The number of aliphatic imine (C=N–C) groups is 1. The van der Waals surface area contributed by atoms with Gasteiger partial charge in [0.25, 0.3) is 0 Å². The number of nitrogens with two attached hydrogens (primary N) is 1. The predicted molar refractivity (Wildman–Crippen MR) is 63.6 cm³/mol. The van der Waals surface area contributed by atoms with Crippen molar-refractivity contribution in [2.24, 2.45) is 16.6 Å². The summed E-state index contributed by atoms with van der Waals surface area (Å²) in [6.07, 6.45) is 2.39. The number of rotatable bonds is 2. The van der Waals surface area contributed by atoms with E-state index in [1.165, 1.54) is 17.5 Å². The third kappa shape index (κ3) is 1.72. The Kier molecular flexibility index (Phi) is 1.95. The second-order valence-corrected chi connectivity index (χ2v) is 4.70. The zero-order valence-corrected chi connectivity index (χ0v) is 9.00. The minimum atomic E-state index is 0.530. The van der Waals surface area contributed by atoms with E-state index in [1.807, 2.05) is 23.7 Å². The fourth-order valence-corrected chi connectivity index (χ4v) is 2.24. The van der Waals surface area contributed by atoms with Gasteiger partial charge in [0.2, 0.25) is 0 Å². The molecule has 1 aliphatic rings. The average Bonchev–Trinajstić information content (AvgIpc) is 2.98. The van der Waals surface area contributed by atoms with Crippen molar-refractivity contribution in [3.8, 4) is 0 Å². The van der Waals surface area contributed by atoms with Crippen LogP contribution in [-0.2, 0) is 0 Å². The lowest BCUT2D eigenvalue weighted by molar-refractivity contribution is 1.15. The second-order valence-electron chi connectivity index (χ2n) is 3.82. The van der Waals surface area contributed by atoms with Gasteiger partial charge in [-0.15, -0.1) is 11.3 Å². The molecule has 2 aromatic rings. The van der Waals surface area contributed by atoms with E-state index >= 15 is 0 Å². The maximum absolute atomic E-state index is 5.87. The topological polar surface area (TPSA) is 51.3 Å². The molecule has 76 valence electrons. The third-order valence-electron chi connectivity index (χ3n) is 2.57. The van der Waals surface area contributed by atoms with Crippen molar-refractivity contribution in [2.75, 3.05) is 0 Å². The van der Waals surface area contributed by atoms with Crippen molar-refractivity contribution in [1.29, 1.82) is 0 Å². The summed E-state index contributed by atoms with van der Waals surface area (Å²) in [6, 6.07) is 6.00. The Morgan fingerprint density at radius 3 is 3.13 bits per heavy atom. The molecule has 0 bridgehead atoms. The summed E-state index contributed by atoms with van der Waals surface area (Å²) in [4.78, 5) is 8.65. The highest BCUT2D eigenvalue weighted by Gasteiger charge is 2.25. The smallest absolute Gasteiger partial charge is 0.103 e. The van der Waals surface area contributed by atoms with Gasteiger partial charge in [0, 0.05) is 5.92 Å². The van der Waals surface area contributed by atoms with Crippen LogP contribution in [0.25, 0.3) is 10.2 Å². The third-order valence-corrected chi connectivity index (χ3v) is 3.36. The number of thiazole rings is 1. The molecule has 0 radical (unpaired) electrons. The number of hydrogen-bond donors (Lipinski definition) is 1. The van der Waals surface area contributed by atoms with Crippen LogP contribution in [0.5, 0.6) is 0 Å². The van der Waals surface area contributed by atoms with E-state index in [1.54, 1.807) is 11.3 Å². The molecule has 2 N–H and O–H groups in total. The minimum Gasteiger partial charge on any atom is -0.387 e. The first-order valence-electron chi connectivity index (χ1n) is 5.00. The van der Waals surface area contributed by atoms with Gasteiger partial charge in [-0.2, -0.15) is 0 Å². The van der Waals surface area contributed by atoms with Gasteiger partial charge in [0.15, 0.2) is 0 Å². The molecule has 1 aromatic heterocycles. The molecule has 1 fully saturated rings. The summed E-state index contributed by atoms with van der Waals surface area (Å²) < 4.78 is 1.17. The fraction of sp³-hybridized carbons (Fsp3) is 0.273. The highest BCUT2D eigenvalue weighted by molar-refractivity contribution is 7.16. The van der Waals surface area contributed by atoms with Crippen LogP contribution >= 0.6 is 11.3 Å². The first-order chi connectivity index (χ1) is 7.33. The number of benzene rings is 1. The van der Waals surface area contributed by atoms with Crippen molar-refractivity contribution in [1.82, 2.24) is 4.98 Å². The van der Waals surface area contributed by atoms with Gasteiger partial charge in [0.05, 0.1) is 21.4 Å². The van der Waals surface area contributed by atoms with Crippen molar-refractivity contribution < 1.29 is 0 Å². The predicted octanol–water partition coefficient (Wildman–Crippen LogP) is 2.70. The summed E-state index contributed by atoms with van der Waals surface area (Å²) >= 11 is 1.63. The van der Waals surface area contributed by atoms with E-state index < -0.39 is 0 Å². The van der Waals surface area contributed by atoms with E-state index in [0.29, 0.717) is 5.92 Å². The molecule has 0 unspecified atom stereocenters. The van der Waals surface area contributed by atoms with E-state index in [4.69, 9.17) is 5.73 Å². The van der Waals surface area contributed by atoms with Crippen molar-refractivity contribution in [3.05, 3.63) is 23.7 Å². The Morgan fingerprint density at radius 2 is 2.33 bits per heavy atom. The molecule has 0 saturated heterocycles. The maximum atomic E-state index is 5.87. The lowest BCUT2D eigenvalue weighted by Crippen LogP contribution is -2.12. The van der Waals surface area contributed by atoms with Crippen LogP contribution in [-0.4, -0.2) is 10.8 Å². The average molecular weight is 217 g/mol. The Balaban J connectivity index is 1.99. The molecule has 1 saturated carbocycles.